The molecule has 3 N–H and O–H groups in total. The Balaban J connectivity index is 1.64. The van der Waals surface area contributed by atoms with E-state index in [1.165, 1.54) is 23.5 Å². The topological polar surface area (TPSA) is 115 Å². The first-order valence-electron chi connectivity index (χ1n) is 7.92. The van der Waals surface area contributed by atoms with Crippen molar-refractivity contribution in [1.29, 1.82) is 0 Å². The van der Waals surface area contributed by atoms with Crippen molar-refractivity contribution in [2.75, 3.05) is 5.32 Å². The van der Waals surface area contributed by atoms with Crippen LogP contribution in [0.4, 0.5) is 5.13 Å². The summed E-state index contributed by atoms with van der Waals surface area (Å²) in [7, 11) is -3.79. The summed E-state index contributed by atoms with van der Waals surface area (Å²) < 4.78 is 23.5. The Bertz CT molecular complexity index is 1310. The van der Waals surface area contributed by atoms with E-state index in [0.29, 0.717) is 20.9 Å². The van der Waals surface area contributed by atoms with Gasteiger partial charge in [0.1, 0.15) is 0 Å². The molecule has 7 nitrogen and oxygen atoms in total. The first-order chi connectivity index (χ1) is 12.8. The maximum atomic E-state index is 12.6. The lowest BCUT2D eigenvalue weighted by atomic mass is 10.1. The second-order valence-electron chi connectivity index (χ2n) is 6.01. The van der Waals surface area contributed by atoms with Crippen LogP contribution in [0.3, 0.4) is 0 Å². The minimum atomic E-state index is -3.79. The van der Waals surface area contributed by atoms with Crippen molar-refractivity contribution in [1.82, 2.24) is 9.97 Å². The van der Waals surface area contributed by atoms with Crippen LogP contribution in [0.25, 0.3) is 21.1 Å². The third-order valence-corrected chi connectivity index (χ3v) is 5.85. The lowest BCUT2D eigenvalue weighted by molar-refractivity contribution is 0.102. The molecular formula is C18H14N4O3S2. The highest BCUT2D eigenvalue weighted by Crippen LogP contribution is 2.28. The number of thiazole rings is 1. The molecule has 0 fully saturated rings. The summed E-state index contributed by atoms with van der Waals surface area (Å²) in [6, 6.07) is 13.6. The summed E-state index contributed by atoms with van der Waals surface area (Å²) in [5.74, 6) is -0.314. The van der Waals surface area contributed by atoms with Crippen LogP contribution in [-0.2, 0) is 10.0 Å². The summed E-state index contributed by atoms with van der Waals surface area (Å²) in [6.45, 7) is 1.89. The molecule has 0 aliphatic carbocycles. The number of nitrogens with zero attached hydrogens (tertiary/aromatic N) is 2. The zero-order valence-electron chi connectivity index (χ0n) is 14.1. The Labute approximate surface area is 158 Å². The number of aryl methyl sites for hydroxylation is 1. The van der Waals surface area contributed by atoms with Crippen LogP contribution in [0.1, 0.15) is 16.1 Å². The van der Waals surface area contributed by atoms with Gasteiger partial charge >= 0.3 is 0 Å². The van der Waals surface area contributed by atoms with Crippen LogP contribution in [-0.4, -0.2) is 24.3 Å². The summed E-state index contributed by atoms with van der Waals surface area (Å²) in [5.41, 5.74) is 2.66. The second-order valence-corrected chi connectivity index (χ2v) is 8.60. The summed E-state index contributed by atoms with van der Waals surface area (Å²) in [5, 5.41) is 9.22. The minimum Gasteiger partial charge on any atom is -0.298 e. The number of rotatable bonds is 3. The molecule has 4 rings (SSSR count). The molecule has 0 aliphatic rings. The van der Waals surface area contributed by atoms with Crippen molar-refractivity contribution in [3.05, 3.63) is 59.8 Å². The molecule has 1 amide bonds. The normalized spacial score (nSPS) is 11.8. The lowest BCUT2D eigenvalue weighted by Gasteiger charge is -2.04. The van der Waals surface area contributed by atoms with E-state index in [4.69, 9.17) is 5.14 Å². The third-order valence-electron chi connectivity index (χ3n) is 4.00. The standard InChI is InChI=1S/C18H14N4O3S2/c1-10-2-3-11-4-5-12(8-15(11)20-10)17(23)22-18-21-14-7-6-13(27(19,24)25)9-16(14)26-18/h2-9H,1H3,(H2,19,24,25)(H,21,22,23). The fourth-order valence-corrected chi connectivity index (χ4v) is 4.18. The summed E-state index contributed by atoms with van der Waals surface area (Å²) in [6.07, 6.45) is 0. The van der Waals surface area contributed by atoms with E-state index in [2.05, 4.69) is 15.3 Å². The van der Waals surface area contributed by atoms with E-state index in [1.54, 1.807) is 18.2 Å². The zero-order valence-corrected chi connectivity index (χ0v) is 15.8. The van der Waals surface area contributed by atoms with Gasteiger partial charge in [0, 0.05) is 16.6 Å². The smallest absolute Gasteiger partial charge is 0.257 e. The van der Waals surface area contributed by atoms with E-state index < -0.39 is 10.0 Å². The number of fused-ring (bicyclic) bond motifs is 2. The van der Waals surface area contributed by atoms with Gasteiger partial charge in [-0.05, 0) is 43.3 Å². The van der Waals surface area contributed by atoms with Crippen molar-refractivity contribution in [2.45, 2.75) is 11.8 Å². The first kappa shape index (κ1) is 17.5. The number of primary sulfonamides is 1. The summed E-state index contributed by atoms with van der Waals surface area (Å²) >= 11 is 1.18. The first-order valence-corrected chi connectivity index (χ1v) is 10.3. The molecule has 0 unspecified atom stereocenters. The number of carbonyl (C=O) groups is 1. The molecule has 0 saturated heterocycles. The van der Waals surface area contributed by atoms with Crippen LogP contribution in [0.2, 0.25) is 0 Å². The van der Waals surface area contributed by atoms with Gasteiger partial charge in [-0.2, -0.15) is 0 Å². The largest absolute Gasteiger partial charge is 0.298 e. The highest BCUT2D eigenvalue weighted by molar-refractivity contribution is 7.89. The van der Waals surface area contributed by atoms with Gasteiger partial charge in [0.2, 0.25) is 10.0 Å². The monoisotopic (exact) mass is 398 g/mol. The number of hydrogen-bond donors (Lipinski definition) is 2. The van der Waals surface area contributed by atoms with Crippen molar-refractivity contribution in [3.8, 4) is 0 Å². The Morgan fingerprint density at radius 1 is 1.04 bits per heavy atom. The van der Waals surface area contributed by atoms with Gasteiger partial charge in [-0.25, -0.2) is 18.5 Å². The van der Waals surface area contributed by atoms with E-state index >= 15 is 0 Å². The SMILES string of the molecule is Cc1ccc2ccc(C(=O)Nc3nc4ccc(S(N)(=O)=O)cc4s3)cc2n1. The molecular weight excluding hydrogens is 384 g/mol. The number of benzene rings is 2. The number of anilines is 1. The van der Waals surface area contributed by atoms with Gasteiger partial charge in [-0.3, -0.25) is 15.1 Å². The number of carbonyl (C=O) groups excluding carboxylic acids is 1. The molecule has 2 aromatic carbocycles. The maximum absolute atomic E-state index is 12.6. The Morgan fingerprint density at radius 3 is 2.59 bits per heavy atom. The molecule has 9 heteroatoms. The molecule has 27 heavy (non-hydrogen) atoms. The quantitative estimate of drug-likeness (QED) is 0.550. The molecule has 4 aromatic rings. The van der Waals surface area contributed by atoms with Crippen molar-refractivity contribution < 1.29 is 13.2 Å². The number of pyridine rings is 1. The molecule has 0 spiro atoms. The number of nitrogens with one attached hydrogen (secondary N) is 1. The molecule has 0 bridgehead atoms. The van der Waals surface area contributed by atoms with Crippen molar-refractivity contribution in [3.63, 3.8) is 0 Å². The number of nitrogens with two attached hydrogens (primary N) is 1. The summed E-state index contributed by atoms with van der Waals surface area (Å²) in [4.78, 5) is 21.3. The second kappa shape index (κ2) is 6.38. The number of amides is 1. The predicted octanol–water partition coefficient (Wildman–Crippen LogP) is 3.05. The van der Waals surface area contributed by atoms with Crippen LogP contribution in [0.5, 0.6) is 0 Å². The highest BCUT2D eigenvalue weighted by atomic mass is 32.2. The van der Waals surface area contributed by atoms with E-state index in [0.717, 1.165) is 16.6 Å². The molecule has 0 atom stereocenters. The third kappa shape index (κ3) is 3.52. The Kier molecular flexibility index (Phi) is 4.14. The average Bonchev–Trinajstić information content (AvgIpc) is 3.01. The Morgan fingerprint density at radius 2 is 1.81 bits per heavy atom. The molecule has 136 valence electrons. The van der Waals surface area contributed by atoms with E-state index in [9.17, 15) is 13.2 Å². The molecule has 2 aromatic heterocycles. The fraction of sp³-hybridized carbons (Fsp3) is 0.0556. The predicted molar refractivity (Wildman–Crippen MR) is 105 cm³/mol. The number of sulfonamides is 1. The van der Waals surface area contributed by atoms with Crippen LogP contribution < -0.4 is 10.5 Å². The number of hydrogen-bond acceptors (Lipinski definition) is 6. The van der Waals surface area contributed by atoms with Gasteiger partial charge in [0.25, 0.3) is 5.91 Å². The van der Waals surface area contributed by atoms with Gasteiger partial charge < -0.3 is 0 Å². The van der Waals surface area contributed by atoms with Crippen molar-refractivity contribution in [2.24, 2.45) is 5.14 Å². The van der Waals surface area contributed by atoms with Gasteiger partial charge in [-0.15, -0.1) is 0 Å². The fourth-order valence-electron chi connectivity index (χ4n) is 2.66. The van der Waals surface area contributed by atoms with Gasteiger partial charge in [-0.1, -0.05) is 23.5 Å². The van der Waals surface area contributed by atoms with Crippen LogP contribution in [0, 0.1) is 6.92 Å². The van der Waals surface area contributed by atoms with Crippen LogP contribution in [0.15, 0.2) is 53.4 Å². The van der Waals surface area contributed by atoms with Gasteiger partial charge in [0.05, 0.1) is 20.6 Å². The van der Waals surface area contributed by atoms with E-state index in [-0.39, 0.29) is 10.8 Å². The van der Waals surface area contributed by atoms with E-state index in [1.807, 2.05) is 25.1 Å². The molecule has 0 aliphatic heterocycles. The van der Waals surface area contributed by atoms with Crippen LogP contribution >= 0.6 is 11.3 Å². The highest BCUT2D eigenvalue weighted by Gasteiger charge is 2.14. The van der Waals surface area contributed by atoms with Crippen molar-refractivity contribution >= 4 is 53.5 Å². The average molecular weight is 398 g/mol. The lowest BCUT2D eigenvalue weighted by Crippen LogP contribution is -2.11. The Hall–Kier alpha value is -2.88. The minimum absolute atomic E-state index is 0.00694. The van der Waals surface area contributed by atoms with Gasteiger partial charge in [0.15, 0.2) is 5.13 Å². The molecule has 2 heterocycles. The molecule has 0 saturated carbocycles. The molecule has 0 radical (unpaired) electrons. The maximum Gasteiger partial charge on any atom is 0.257 e. The number of aromatic nitrogens is 2. The zero-order chi connectivity index (χ0) is 19.2.